The molecular formula is C15H17N3O4S. The van der Waals surface area contributed by atoms with Gasteiger partial charge in [0.15, 0.2) is 0 Å². The van der Waals surface area contributed by atoms with Gasteiger partial charge in [0.25, 0.3) is 5.91 Å². The molecule has 0 saturated carbocycles. The van der Waals surface area contributed by atoms with Crippen molar-refractivity contribution in [2.45, 2.75) is 30.2 Å². The molecule has 0 radical (unpaired) electrons. The lowest BCUT2D eigenvalue weighted by Gasteiger charge is -2.32. The number of pyridine rings is 1. The van der Waals surface area contributed by atoms with Crippen LogP contribution in [0, 0.1) is 0 Å². The Morgan fingerprint density at radius 1 is 1.30 bits per heavy atom. The first kappa shape index (κ1) is 15.9. The second-order valence-corrected chi connectivity index (χ2v) is 7.36. The van der Waals surface area contributed by atoms with Crippen molar-refractivity contribution in [2.75, 3.05) is 6.54 Å². The number of nitrogens with one attached hydrogen (secondary N) is 1. The highest BCUT2D eigenvalue weighted by atomic mass is 32.2. The topological polar surface area (TPSA) is 99.6 Å². The van der Waals surface area contributed by atoms with Crippen molar-refractivity contribution in [3.05, 3.63) is 36.5 Å². The fourth-order valence-electron chi connectivity index (χ4n) is 2.86. The number of carbonyl (C=O) groups excluding carboxylic acids is 1. The predicted molar refractivity (Wildman–Crippen MR) is 83.2 cm³/mol. The minimum atomic E-state index is -3.86. The summed E-state index contributed by atoms with van der Waals surface area (Å²) >= 11 is 0. The van der Waals surface area contributed by atoms with Crippen molar-refractivity contribution in [1.29, 1.82) is 0 Å². The summed E-state index contributed by atoms with van der Waals surface area (Å²) in [5, 5.41) is 9.57. The Bertz CT molecular complexity index is 837. The van der Waals surface area contributed by atoms with Gasteiger partial charge in [-0.2, -0.15) is 4.31 Å². The number of para-hydroxylation sites is 1. The van der Waals surface area contributed by atoms with Crippen LogP contribution in [0.5, 0.6) is 0 Å². The summed E-state index contributed by atoms with van der Waals surface area (Å²) in [7, 11) is -3.86. The molecule has 122 valence electrons. The quantitative estimate of drug-likeness (QED) is 0.650. The molecule has 2 heterocycles. The lowest BCUT2D eigenvalue weighted by atomic mass is 10.0. The van der Waals surface area contributed by atoms with Crippen LogP contribution in [-0.2, 0) is 14.8 Å². The minimum Gasteiger partial charge on any atom is -0.289 e. The first-order chi connectivity index (χ1) is 11.0. The van der Waals surface area contributed by atoms with E-state index in [-0.39, 0.29) is 11.4 Å². The van der Waals surface area contributed by atoms with E-state index in [0.717, 1.165) is 10.7 Å². The fourth-order valence-corrected chi connectivity index (χ4v) is 4.49. The molecule has 1 aliphatic rings. The number of rotatable bonds is 3. The van der Waals surface area contributed by atoms with Crippen LogP contribution in [0.3, 0.4) is 0 Å². The lowest BCUT2D eigenvalue weighted by molar-refractivity contribution is -0.134. The second kappa shape index (κ2) is 6.23. The number of sulfonamides is 1. The van der Waals surface area contributed by atoms with Gasteiger partial charge in [-0.05, 0) is 25.0 Å². The maximum absolute atomic E-state index is 12.9. The van der Waals surface area contributed by atoms with Gasteiger partial charge < -0.3 is 0 Å². The van der Waals surface area contributed by atoms with Crippen LogP contribution in [-0.4, -0.2) is 41.4 Å². The lowest BCUT2D eigenvalue weighted by Crippen LogP contribution is -2.51. The smallest absolute Gasteiger partial charge is 0.261 e. The molecule has 1 atom stereocenters. The number of hydroxylamine groups is 1. The first-order valence-electron chi connectivity index (χ1n) is 7.34. The third-order valence-corrected chi connectivity index (χ3v) is 5.91. The van der Waals surface area contributed by atoms with Crippen LogP contribution >= 0.6 is 0 Å². The zero-order valence-corrected chi connectivity index (χ0v) is 13.2. The van der Waals surface area contributed by atoms with Crippen molar-refractivity contribution in [3.63, 3.8) is 0 Å². The van der Waals surface area contributed by atoms with Gasteiger partial charge in [0.1, 0.15) is 10.9 Å². The van der Waals surface area contributed by atoms with Crippen LogP contribution in [0.4, 0.5) is 0 Å². The summed E-state index contributed by atoms with van der Waals surface area (Å²) < 4.78 is 26.9. The molecule has 1 fully saturated rings. The number of fused-ring (bicyclic) bond motifs is 1. The largest absolute Gasteiger partial charge is 0.289 e. The van der Waals surface area contributed by atoms with Crippen LogP contribution < -0.4 is 5.48 Å². The molecule has 23 heavy (non-hydrogen) atoms. The Labute approximate surface area is 133 Å². The van der Waals surface area contributed by atoms with Crippen molar-refractivity contribution in [1.82, 2.24) is 14.8 Å². The van der Waals surface area contributed by atoms with Gasteiger partial charge in [-0.25, -0.2) is 13.9 Å². The van der Waals surface area contributed by atoms with E-state index in [0.29, 0.717) is 23.7 Å². The number of piperidine rings is 1. The minimum absolute atomic E-state index is 0.0499. The zero-order valence-electron chi connectivity index (χ0n) is 12.3. The van der Waals surface area contributed by atoms with Crippen molar-refractivity contribution in [3.8, 4) is 0 Å². The van der Waals surface area contributed by atoms with E-state index < -0.39 is 22.0 Å². The zero-order chi connectivity index (χ0) is 16.4. The Morgan fingerprint density at radius 3 is 2.87 bits per heavy atom. The van der Waals surface area contributed by atoms with Crippen LogP contribution in [0.2, 0.25) is 0 Å². The average Bonchev–Trinajstić information content (AvgIpc) is 2.60. The van der Waals surface area contributed by atoms with E-state index in [1.807, 2.05) is 12.1 Å². The summed E-state index contributed by atoms with van der Waals surface area (Å²) in [6.45, 7) is 0.243. The average molecular weight is 335 g/mol. The summed E-state index contributed by atoms with van der Waals surface area (Å²) in [4.78, 5) is 16.0. The number of aromatic nitrogens is 1. The van der Waals surface area contributed by atoms with Crippen molar-refractivity contribution >= 4 is 26.8 Å². The van der Waals surface area contributed by atoms with Gasteiger partial charge in [-0.1, -0.05) is 24.6 Å². The third-order valence-electron chi connectivity index (χ3n) is 4.04. The van der Waals surface area contributed by atoms with Gasteiger partial charge in [-0.15, -0.1) is 0 Å². The highest BCUT2D eigenvalue weighted by Gasteiger charge is 2.37. The standard InChI is InChI=1S/C15H17N3O4S/c19-15(17-20)14-7-3-4-8-18(14)23(21,22)12-9-11-5-1-2-6-13(11)16-10-12/h1-2,5-6,9-10,14,20H,3-4,7-8H2,(H,17,19). The Morgan fingerprint density at radius 2 is 2.09 bits per heavy atom. The molecule has 1 aliphatic heterocycles. The van der Waals surface area contributed by atoms with Crippen LogP contribution in [0.15, 0.2) is 41.4 Å². The monoisotopic (exact) mass is 335 g/mol. The summed E-state index contributed by atoms with van der Waals surface area (Å²) in [6, 6.07) is 7.88. The number of carbonyl (C=O) groups is 1. The molecule has 8 heteroatoms. The van der Waals surface area contributed by atoms with Gasteiger partial charge in [-0.3, -0.25) is 15.0 Å². The molecule has 1 unspecified atom stereocenters. The first-order valence-corrected chi connectivity index (χ1v) is 8.78. The molecule has 2 N–H and O–H groups in total. The molecule has 1 saturated heterocycles. The molecule has 1 amide bonds. The summed E-state index contributed by atoms with van der Waals surface area (Å²) in [6.07, 6.45) is 3.10. The maximum atomic E-state index is 12.9. The number of amides is 1. The van der Waals surface area contributed by atoms with E-state index in [2.05, 4.69) is 4.98 Å². The SMILES string of the molecule is O=C(NO)C1CCCCN1S(=O)(=O)c1cnc2ccccc2c1. The van der Waals surface area contributed by atoms with E-state index in [1.165, 1.54) is 6.20 Å². The van der Waals surface area contributed by atoms with E-state index in [9.17, 15) is 13.2 Å². The molecule has 1 aromatic carbocycles. The van der Waals surface area contributed by atoms with Gasteiger partial charge in [0.2, 0.25) is 10.0 Å². The predicted octanol–water partition coefficient (Wildman–Crippen LogP) is 1.28. The van der Waals surface area contributed by atoms with Crippen LogP contribution in [0.1, 0.15) is 19.3 Å². The molecule has 1 aromatic heterocycles. The molecule has 0 bridgehead atoms. The van der Waals surface area contributed by atoms with Crippen molar-refractivity contribution in [2.24, 2.45) is 0 Å². The Hall–Kier alpha value is -2.03. The van der Waals surface area contributed by atoms with E-state index >= 15 is 0 Å². The Kier molecular flexibility index (Phi) is 4.29. The fraction of sp³-hybridized carbons (Fsp3) is 0.333. The normalized spacial score (nSPS) is 19.6. The van der Waals surface area contributed by atoms with Crippen LogP contribution in [0.25, 0.3) is 10.9 Å². The van der Waals surface area contributed by atoms with Crippen molar-refractivity contribution < 1.29 is 18.4 Å². The highest BCUT2D eigenvalue weighted by molar-refractivity contribution is 7.89. The second-order valence-electron chi connectivity index (χ2n) is 5.47. The van der Waals surface area contributed by atoms with Gasteiger partial charge >= 0.3 is 0 Å². The molecule has 0 spiro atoms. The highest BCUT2D eigenvalue weighted by Crippen LogP contribution is 2.26. The van der Waals surface area contributed by atoms with E-state index in [1.54, 1.807) is 23.7 Å². The molecular weight excluding hydrogens is 318 g/mol. The van der Waals surface area contributed by atoms with Gasteiger partial charge in [0.05, 0.1) is 5.52 Å². The summed E-state index contributed by atoms with van der Waals surface area (Å²) in [5.41, 5.74) is 2.26. The molecule has 7 nitrogen and oxygen atoms in total. The summed E-state index contributed by atoms with van der Waals surface area (Å²) in [5.74, 6) is -0.706. The third kappa shape index (κ3) is 2.92. The van der Waals surface area contributed by atoms with E-state index in [4.69, 9.17) is 5.21 Å². The number of nitrogens with zero attached hydrogens (tertiary/aromatic N) is 2. The maximum Gasteiger partial charge on any atom is 0.261 e. The molecule has 0 aliphatic carbocycles. The molecule has 3 rings (SSSR count). The Balaban J connectivity index is 2.02. The van der Waals surface area contributed by atoms with Gasteiger partial charge in [0, 0.05) is 18.1 Å². The number of benzene rings is 1. The number of hydrogen-bond acceptors (Lipinski definition) is 5. The number of hydrogen-bond donors (Lipinski definition) is 2. The molecule has 2 aromatic rings.